The van der Waals surface area contributed by atoms with Crippen LogP contribution in [0.1, 0.15) is 11.1 Å². The fourth-order valence-electron chi connectivity index (χ4n) is 3.04. The van der Waals surface area contributed by atoms with Crippen LogP contribution >= 0.6 is 0 Å². The van der Waals surface area contributed by atoms with Gasteiger partial charge in [0.25, 0.3) is 0 Å². The Morgan fingerprint density at radius 2 is 1.86 bits per heavy atom. The Kier molecular flexibility index (Phi) is 3.64. The van der Waals surface area contributed by atoms with Gasteiger partial charge in [-0.15, -0.1) is 0 Å². The van der Waals surface area contributed by atoms with Crippen molar-refractivity contribution in [3.8, 4) is 5.88 Å². The topological polar surface area (TPSA) is 41.5 Å². The molecule has 0 amide bonds. The van der Waals surface area contributed by atoms with Crippen LogP contribution in [-0.2, 0) is 13.0 Å². The van der Waals surface area contributed by atoms with Gasteiger partial charge in [-0.05, 0) is 5.56 Å². The minimum absolute atomic E-state index is 0.734. The molecule has 3 heterocycles. The zero-order chi connectivity index (χ0) is 14.8. The van der Waals surface area contributed by atoms with Crippen LogP contribution in [0.15, 0.2) is 36.5 Å². The van der Waals surface area contributed by atoms with E-state index >= 15 is 0 Å². The van der Waals surface area contributed by atoms with E-state index in [1.165, 1.54) is 5.56 Å². The van der Waals surface area contributed by atoms with Crippen LogP contribution in [0.3, 0.4) is 0 Å². The normalized spacial score (nSPS) is 18.1. The van der Waals surface area contributed by atoms with E-state index in [1.807, 2.05) is 6.20 Å². The van der Waals surface area contributed by atoms with E-state index in [0.717, 1.165) is 63.1 Å². The Balaban J connectivity index is 1.37. The first-order valence-electron chi connectivity index (χ1n) is 7.88. The summed E-state index contributed by atoms with van der Waals surface area (Å²) in [5.74, 6) is 1.58. The maximum Gasteiger partial charge on any atom is 0.228 e. The number of nitrogens with zero attached hydrogens (tertiary/aromatic N) is 4. The zero-order valence-corrected chi connectivity index (χ0v) is 12.6. The lowest BCUT2D eigenvalue weighted by Crippen LogP contribution is -2.46. The van der Waals surface area contributed by atoms with Crippen LogP contribution in [0.25, 0.3) is 0 Å². The lowest BCUT2D eigenvalue weighted by Gasteiger charge is -2.34. The van der Waals surface area contributed by atoms with Crippen molar-refractivity contribution in [2.75, 3.05) is 37.7 Å². The van der Waals surface area contributed by atoms with Crippen molar-refractivity contribution >= 4 is 5.95 Å². The largest absolute Gasteiger partial charge is 0.477 e. The molecule has 0 atom stereocenters. The molecule has 114 valence electrons. The van der Waals surface area contributed by atoms with Gasteiger partial charge in [0.15, 0.2) is 0 Å². The molecule has 1 aromatic heterocycles. The van der Waals surface area contributed by atoms with E-state index in [-0.39, 0.29) is 0 Å². The summed E-state index contributed by atoms with van der Waals surface area (Å²) < 4.78 is 5.54. The van der Waals surface area contributed by atoms with Crippen LogP contribution in [0.5, 0.6) is 5.88 Å². The number of rotatable bonds is 3. The van der Waals surface area contributed by atoms with Gasteiger partial charge in [-0.25, -0.2) is 4.98 Å². The van der Waals surface area contributed by atoms with Crippen LogP contribution in [-0.4, -0.2) is 47.7 Å². The molecule has 1 saturated heterocycles. The molecule has 2 aromatic rings. The molecule has 0 spiro atoms. The average molecular weight is 296 g/mol. The van der Waals surface area contributed by atoms with Crippen molar-refractivity contribution in [3.05, 3.63) is 47.7 Å². The molecule has 0 bridgehead atoms. The van der Waals surface area contributed by atoms with Gasteiger partial charge in [-0.3, -0.25) is 4.90 Å². The number of hydrogen-bond acceptors (Lipinski definition) is 5. The van der Waals surface area contributed by atoms with Crippen LogP contribution < -0.4 is 9.64 Å². The van der Waals surface area contributed by atoms with E-state index in [9.17, 15) is 0 Å². The van der Waals surface area contributed by atoms with Gasteiger partial charge in [0, 0.05) is 50.9 Å². The van der Waals surface area contributed by atoms with Gasteiger partial charge >= 0.3 is 0 Å². The molecular formula is C17H20N4O. The highest BCUT2D eigenvalue weighted by Gasteiger charge is 2.21. The molecule has 0 N–H and O–H groups in total. The number of anilines is 1. The van der Waals surface area contributed by atoms with Gasteiger partial charge in [0.05, 0.1) is 6.61 Å². The zero-order valence-electron chi connectivity index (χ0n) is 12.6. The SMILES string of the molecule is c1ccc(CN2CCN(c3ncc4c(n3)OCC4)CC2)cc1. The first-order chi connectivity index (χ1) is 10.9. The first kappa shape index (κ1) is 13.5. The second-order valence-corrected chi connectivity index (χ2v) is 5.85. The fraction of sp³-hybridized carbons (Fsp3) is 0.412. The number of aromatic nitrogens is 2. The molecule has 0 radical (unpaired) electrons. The van der Waals surface area contributed by atoms with Crippen molar-refractivity contribution in [2.24, 2.45) is 0 Å². The predicted octanol–water partition coefficient (Wildman–Crippen LogP) is 1.73. The number of fused-ring (bicyclic) bond motifs is 1. The monoisotopic (exact) mass is 296 g/mol. The molecule has 5 heteroatoms. The van der Waals surface area contributed by atoms with Crippen molar-refractivity contribution in [1.29, 1.82) is 0 Å². The van der Waals surface area contributed by atoms with E-state index < -0.39 is 0 Å². The quantitative estimate of drug-likeness (QED) is 0.863. The number of ether oxygens (including phenoxy) is 1. The molecule has 22 heavy (non-hydrogen) atoms. The third kappa shape index (κ3) is 2.76. The highest BCUT2D eigenvalue weighted by molar-refractivity contribution is 5.38. The molecule has 1 fully saturated rings. The van der Waals surface area contributed by atoms with Gasteiger partial charge in [0.2, 0.25) is 11.8 Å². The summed E-state index contributed by atoms with van der Waals surface area (Å²) in [7, 11) is 0. The Bertz CT molecular complexity index is 638. The molecule has 0 unspecified atom stereocenters. The molecule has 1 aromatic carbocycles. The summed E-state index contributed by atoms with van der Waals surface area (Å²) in [4.78, 5) is 13.8. The summed E-state index contributed by atoms with van der Waals surface area (Å²) in [6, 6.07) is 10.6. The fourth-order valence-corrected chi connectivity index (χ4v) is 3.04. The molecule has 2 aliphatic heterocycles. The Morgan fingerprint density at radius 1 is 1.05 bits per heavy atom. The molecule has 0 saturated carbocycles. The summed E-state index contributed by atoms with van der Waals surface area (Å²) in [5.41, 5.74) is 2.50. The highest BCUT2D eigenvalue weighted by atomic mass is 16.5. The maximum atomic E-state index is 5.54. The van der Waals surface area contributed by atoms with Crippen molar-refractivity contribution < 1.29 is 4.74 Å². The lowest BCUT2D eigenvalue weighted by atomic mass is 10.2. The molecule has 0 aliphatic carbocycles. The van der Waals surface area contributed by atoms with E-state index in [0.29, 0.717) is 0 Å². The molecular weight excluding hydrogens is 276 g/mol. The number of piperazine rings is 1. The standard InChI is InChI=1S/C17H20N4O/c1-2-4-14(5-3-1)13-20-7-9-21(10-8-20)17-18-12-15-6-11-22-16(15)19-17/h1-5,12H,6-11,13H2. The summed E-state index contributed by atoms with van der Waals surface area (Å²) >= 11 is 0. The number of benzene rings is 1. The van der Waals surface area contributed by atoms with E-state index in [1.54, 1.807) is 0 Å². The van der Waals surface area contributed by atoms with Crippen LogP contribution in [0.2, 0.25) is 0 Å². The Morgan fingerprint density at radius 3 is 2.68 bits per heavy atom. The van der Waals surface area contributed by atoms with Crippen molar-refractivity contribution in [2.45, 2.75) is 13.0 Å². The maximum absolute atomic E-state index is 5.54. The smallest absolute Gasteiger partial charge is 0.228 e. The Hall–Kier alpha value is -2.14. The average Bonchev–Trinajstić information content (AvgIpc) is 3.04. The molecule has 4 rings (SSSR count). The van der Waals surface area contributed by atoms with Gasteiger partial charge in [-0.1, -0.05) is 30.3 Å². The van der Waals surface area contributed by atoms with Gasteiger partial charge < -0.3 is 9.64 Å². The van der Waals surface area contributed by atoms with E-state index in [4.69, 9.17) is 4.74 Å². The molecule has 5 nitrogen and oxygen atoms in total. The highest BCUT2D eigenvalue weighted by Crippen LogP contribution is 2.24. The van der Waals surface area contributed by atoms with Crippen LogP contribution in [0.4, 0.5) is 5.95 Å². The second kappa shape index (κ2) is 5.93. The molecule has 2 aliphatic rings. The third-order valence-electron chi connectivity index (χ3n) is 4.33. The lowest BCUT2D eigenvalue weighted by molar-refractivity contribution is 0.248. The minimum Gasteiger partial charge on any atom is -0.477 e. The second-order valence-electron chi connectivity index (χ2n) is 5.85. The van der Waals surface area contributed by atoms with Gasteiger partial charge in [-0.2, -0.15) is 4.98 Å². The number of hydrogen-bond donors (Lipinski definition) is 0. The first-order valence-corrected chi connectivity index (χ1v) is 7.88. The van der Waals surface area contributed by atoms with E-state index in [2.05, 4.69) is 50.1 Å². The van der Waals surface area contributed by atoms with Crippen molar-refractivity contribution in [3.63, 3.8) is 0 Å². The van der Waals surface area contributed by atoms with Crippen molar-refractivity contribution in [1.82, 2.24) is 14.9 Å². The summed E-state index contributed by atoms with van der Waals surface area (Å²) in [6.07, 6.45) is 2.85. The third-order valence-corrected chi connectivity index (χ3v) is 4.33. The minimum atomic E-state index is 0.734. The van der Waals surface area contributed by atoms with Crippen LogP contribution in [0, 0.1) is 0 Å². The summed E-state index contributed by atoms with van der Waals surface area (Å²) in [5, 5.41) is 0. The predicted molar refractivity (Wildman–Crippen MR) is 85.2 cm³/mol. The summed E-state index contributed by atoms with van der Waals surface area (Å²) in [6.45, 7) is 5.75. The van der Waals surface area contributed by atoms with Gasteiger partial charge in [0.1, 0.15) is 0 Å². The Labute approximate surface area is 130 Å².